The molecule has 0 unspecified atom stereocenters. The fraction of sp³-hybridized carbons (Fsp3) is 0.917. The van der Waals surface area contributed by atoms with E-state index < -0.39 is 5.60 Å². The van der Waals surface area contributed by atoms with E-state index in [1.807, 2.05) is 13.8 Å². The number of aliphatic hydroxyl groups is 1. The lowest BCUT2D eigenvalue weighted by Gasteiger charge is -2.51. The maximum atomic E-state index is 11.6. The third-order valence-corrected chi connectivity index (χ3v) is 5.09. The molecule has 3 heteroatoms. The highest BCUT2D eigenvalue weighted by molar-refractivity contribution is 5.84. The van der Waals surface area contributed by atoms with Crippen molar-refractivity contribution in [3.63, 3.8) is 0 Å². The summed E-state index contributed by atoms with van der Waals surface area (Å²) in [6.07, 6.45) is 3.12. The fourth-order valence-corrected chi connectivity index (χ4v) is 4.01. The molecule has 0 aromatic heterocycles. The minimum atomic E-state index is -0.811. The van der Waals surface area contributed by atoms with Crippen molar-refractivity contribution in [3.05, 3.63) is 0 Å². The third kappa shape index (κ3) is 0.961. The van der Waals surface area contributed by atoms with Gasteiger partial charge in [0.1, 0.15) is 5.78 Å². The molecule has 15 heavy (non-hydrogen) atoms. The Hall–Kier alpha value is -0.410. The molecule has 2 bridgehead atoms. The summed E-state index contributed by atoms with van der Waals surface area (Å²) in [6.45, 7) is 4.06. The predicted octanol–water partition coefficient (Wildman–Crippen LogP) is 1.28. The molecule has 3 rings (SSSR count). The molecule has 0 spiro atoms. The number of fused-ring (bicyclic) bond motifs is 4. The smallest absolute Gasteiger partial charge is 0.136 e. The maximum Gasteiger partial charge on any atom is 0.136 e. The van der Waals surface area contributed by atoms with Crippen LogP contribution in [-0.4, -0.2) is 28.7 Å². The first kappa shape index (κ1) is 9.79. The lowest BCUT2D eigenvalue weighted by molar-refractivity contribution is -0.223. The van der Waals surface area contributed by atoms with Crippen LogP contribution in [0.25, 0.3) is 0 Å². The maximum absolute atomic E-state index is 11.6. The Balaban J connectivity index is 2.09. The van der Waals surface area contributed by atoms with Crippen LogP contribution in [0, 0.1) is 11.3 Å². The van der Waals surface area contributed by atoms with Crippen LogP contribution in [-0.2, 0) is 9.53 Å². The second-order valence-corrected chi connectivity index (χ2v) is 5.76. The zero-order valence-electron chi connectivity index (χ0n) is 9.32. The molecule has 2 aliphatic heterocycles. The monoisotopic (exact) mass is 210 g/mol. The summed E-state index contributed by atoms with van der Waals surface area (Å²) in [5.74, 6) is 0.288. The fourth-order valence-electron chi connectivity index (χ4n) is 4.01. The number of rotatable bonds is 0. The number of carbonyl (C=O) groups is 1. The zero-order chi connectivity index (χ0) is 10.8. The molecule has 0 aromatic carbocycles. The highest BCUT2D eigenvalue weighted by Gasteiger charge is 2.67. The number of hydrogen-bond acceptors (Lipinski definition) is 3. The van der Waals surface area contributed by atoms with Gasteiger partial charge in [-0.25, -0.2) is 0 Å². The standard InChI is InChI=1S/C12H18O3/c1-7-9-3-4-10(15-9)11(2)5-8(13)6-12(7,11)14/h7,9-10,14H,3-6H2,1-2H3/t7-,9+,10-,11-,12-/m1/s1. The molecule has 3 nitrogen and oxygen atoms in total. The summed E-state index contributed by atoms with van der Waals surface area (Å²) in [5.41, 5.74) is -1.15. The molecule has 5 atom stereocenters. The Kier molecular flexibility index (Phi) is 1.72. The predicted molar refractivity (Wildman–Crippen MR) is 54.4 cm³/mol. The third-order valence-electron chi connectivity index (χ3n) is 5.09. The zero-order valence-corrected chi connectivity index (χ0v) is 9.32. The van der Waals surface area contributed by atoms with Crippen molar-refractivity contribution in [1.82, 2.24) is 0 Å². The molecule has 0 amide bonds. The molecule has 1 aliphatic carbocycles. The Labute approximate surface area is 89.8 Å². The van der Waals surface area contributed by atoms with E-state index in [0.717, 1.165) is 12.8 Å². The number of ketones is 1. The van der Waals surface area contributed by atoms with Gasteiger partial charge in [-0.3, -0.25) is 4.79 Å². The molecule has 2 saturated heterocycles. The summed E-state index contributed by atoms with van der Waals surface area (Å²) in [5, 5.41) is 10.8. The first-order chi connectivity index (χ1) is 6.97. The van der Waals surface area contributed by atoms with Crippen LogP contribution in [0.15, 0.2) is 0 Å². The first-order valence-corrected chi connectivity index (χ1v) is 5.87. The van der Waals surface area contributed by atoms with Crippen LogP contribution < -0.4 is 0 Å². The molecule has 1 N–H and O–H groups in total. The molecular formula is C12H18O3. The van der Waals surface area contributed by atoms with Crippen LogP contribution in [0.5, 0.6) is 0 Å². The van der Waals surface area contributed by atoms with Gasteiger partial charge in [-0.2, -0.15) is 0 Å². The Morgan fingerprint density at radius 3 is 2.87 bits per heavy atom. The average Bonchev–Trinajstić information content (AvgIpc) is 2.68. The molecule has 3 aliphatic rings. The molecule has 0 radical (unpaired) electrons. The highest BCUT2D eigenvalue weighted by atomic mass is 16.5. The molecule has 2 heterocycles. The highest BCUT2D eigenvalue weighted by Crippen LogP contribution is 2.59. The van der Waals surface area contributed by atoms with Crippen molar-refractivity contribution >= 4 is 5.78 Å². The second kappa shape index (κ2) is 2.64. The van der Waals surface area contributed by atoms with Gasteiger partial charge in [0, 0.05) is 24.2 Å². The summed E-state index contributed by atoms with van der Waals surface area (Å²) >= 11 is 0. The first-order valence-electron chi connectivity index (χ1n) is 5.87. The van der Waals surface area contributed by atoms with E-state index in [2.05, 4.69) is 0 Å². The largest absolute Gasteiger partial charge is 0.388 e. The van der Waals surface area contributed by atoms with Crippen LogP contribution in [0.2, 0.25) is 0 Å². The van der Waals surface area contributed by atoms with Gasteiger partial charge in [-0.1, -0.05) is 13.8 Å². The van der Waals surface area contributed by atoms with E-state index in [1.165, 1.54) is 0 Å². The van der Waals surface area contributed by atoms with Crippen molar-refractivity contribution in [1.29, 1.82) is 0 Å². The van der Waals surface area contributed by atoms with Crippen LogP contribution in [0.1, 0.15) is 39.5 Å². The van der Waals surface area contributed by atoms with Crippen LogP contribution >= 0.6 is 0 Å². The number of carbonyl (C=O) groups excluding carboxylic acids is 1. The summed E-state index contributed by atoms with van der Waals surface area (Å²) in [7, 11) is 0. The van der Waals surface area contributed by atoms with Crippen LogP contribution in [0.4, 0.5) is 0 Å². The van der Waals surface area contributed by atoms with Gasteiger partial charge in [-0.05, 0) is 12.8 Å². The minimum Gasteiger partial charge on any atom is -0.388 e. The van der Waals surface area contributed by atoms with E-state index in [1.54, 1.807) is 0 Å². The van der Waals surface area contributed by atoms with Gasteiger partial charge in [0.15, 0.2) is 0 Å². The van der Waals surface area contributed by atoms with Crippen molar-refractivity contribution in [2.45, 2.75) is 57.3 Å². The minimum absolute atomic E-state index is 0.0905. The molecule has 0 aromatic rings. The summed E-state index contributed by atoms with van der Waals surface area (Å²) in [6, 6.07) is 0. The normalized spacial score (nSPS) is 58.3. The average molecular weight is 210 g/mol. The van der Waals surface area contributed by atoms with Gasteiger partial charge in [0.05, 0.1) is 17.8 Å². The Morgan fingerprint density at radius 1 is 1.40 bits per heavy atom. The Morgan fingerprint density at radius 2 is 2.13 bits per heavy atom. The molecular weight excluding hydrogens is 192 g/mol. The molecule has 3 fully saturated rings. The van der Waals surface area contributed by atoms with Gasteiger partial charge in [-0.15, -0.1) is 0 Å². The quantitative estimate of drug-likeness (QED) is 0.655. The van der Waals surface area contributed by atoms with Gasteiger partial charge in [0.25, 0.3) is 0 Å². The van der Waals surface area contributed by atoms with Crippen molar-refractivity contribution < 1.29 is 14.6 Å². The lowest BCUT2D eigenvalue weighted by atomic mass is 9.65. The number of Topliss-reactive ketones (excluding diaryl/α,β-unsaturated/α-hetero) is 1. The van der Waals surface area contributed by atoms with Crippen molar-refractivity contribution in [3.8, 4) is 0 Å². The Bertz CT molecular complexity index is 315. The number of hydrogen-bond donors (Lipinski definition) is 1. The van der Waals surface area contributed by atoms with Gasteiger partial charge in [0.2, 0.25) is 0 Å². The van der Waals surface area contributed by atoms with Crippen LogP contribution in [0.3, 0.4) is 0 Å². The summed E-state index contributed by atoms with van der Waals surface area (Å²) in [4.78, 5) is 11.6. The van der Waals surface area contributed by atoms with Crippen molar-refractivity contribution in [2.75, 3.05) is 0 Å². The van der Waals surface area contributed by atoms with E-state index in [4.69, 9.17) is 4.74 Å². The molecule has 1 saturated carbocycles. The topological polar surface area (TPSA) is 46.5 Å². The van der Waals surface area contributed by atoms with Crippen molar-refractivity contribution in [2.24, 2.45) is 11.3 Å². The van der Waals surface area contributed by atoms with E-state index in [-0.39, 0.29) is 29.3 Å². The van der Waals surface area contributed by atoms with E-state index in [0.29, 0.717) is 12.8 Å². The van der Waals surface area contributed by atoms with Gasteiger partial charge >= 0.3 is 0 Å². The van der Waals surface area contributed by atoms with E-state index >= 15 is 0 Å². The van der Waals surface area contributed by atoms with Gasteiger partial charge < -0.3 is 9.84 Å². The van der Waals surface area contributed by atoms with E-state index in [9.17, 15) is 9.90 Å². The molecule has 84 valence electrons. The second-order valence-electron chi connectivity index (χ2n) is 5.76. The lowest BCUT2D eigenvalue weighted by Crippen LogP contribution is -2.59. The number of ether oxygens (including phenoxy) is 1. The SMILES string of the molecule is C[C@@H]1[C@@H]2CC[C@@H](O2)[C@@]2(C)CC(=O)C[C@@]12O. The summed E-state index contributed by atoms with van der Waals surface area (Å²) < 4.78 is 5.93.